The summed E-state index contributed by atoms with van der Waals surface area (Å²) in [5.41, 5.74) is -0.841. The van der Waals surface area contributed by atoms with Crippen LogP contribution in [0.25, 0.3) is 22.2 Å². The molecule has 1 aliphatic carbocycles. The fourth-order valence-corrected chi connectivity index (χ4v) is 6.16. The van der Waals surface area contributed by atoms with Gasteiger partial charge in [-0.2, -0.15) is 23.5 Å². The average molecular weight is 593 g/mol. The molecule has 4 aromatic rings. The molecule has 6 rings (SSSR count). The molecule has 13 heteroatoms. The molecule has 0 unspecified atom stereocenters. The highest BCUT2D eigenvalue weighted by atomic mass is 19.4. The van der Waals surface area contributed by atoms with Crippen molar-refractivity contribution in [2.45, 2.75) is 56.5 Å². The molecular formula is C30H31F3N8O2. The first-order valence-electron chi connectivity index (χ1n) is 14.1. The van der Waals surface area contributed by atoms with Gasteiger partial charge in [-0.1, -0.05) is 0 Å². The van der Waals surface area contributed by atoms with Crippen molar-refractivity contribution in [2.24, 2.45) is 0 Å². The predicted octanol–water partition coefficient (Wildman–Crippen LogP) is 4.30. The number of pyridine rings is 2. The van der Waals surface area contributed by atoms with E-state index in [1.165, 1.54) is 24.8 Å². The summed E-state index contributed by atoms with van der Waals surface area (Å²) in [6, 6.07) is 8.44. The zero-order valence-corrected chi connectivity index (χ0v) is 23.8. The third-order valence-electron chi connectivity index (χ3n) is 8.64. The highest BCUT2D eigenvalue weighted by Crippen LogP contribution is 2.45. The van der Waals surface area contributed by atoms with Crippen molar-refractivity contribution in [3.63, 3.8) is 0 Å². The van der Waals surface area contributed by atoms with Crippen molar-refractivity contribution in [1.82, 2.24) is 34.5 Å². The Kier molecular flexibility index (Phi) is 7.01. The zero-order valence-electron chi connectivity index (χ0n) is 23.8. The number of nitrogens with one attached hydrogen (secondary N) is 1. The van der Waals surface area contributed by atoms with Gasteiger partial charge >= 0.3 is 6.18 Å². The third kappa shape index (κ3) is 5.36. The molecule has 1 amide bonds. The van der Waals surface area contributed by atoms with Gasteiger partial charge in [0.15, 0.2) is 0 Å². The Labute approximate surface area is 245 Å². The number of aliphatic hydroxyl groups is 1. The Morgan fingerprint density at radius 2 is 1.93 bits per heavy atom. The molecule has 1 saturated carbocycles. The third-order valence-corrected chi connectivity index (χ3v) is 8.64. The Balaban J connectivity index is 1.13. The monoisotopic (exact) mass is 592 g/mol. The van der Waals surface area contributed by atoms with E-state index < -0.39 is 28.9 Å². The number of rotatable bonds is 6. The number of nitrogens with zero attached hydrogens (tertiary/aromatic N) is 7. The molecule has 2 aliphatic rings. The summed E-state index contributed by atoms with van der Waals surface area (Å²) in [5, 5.41) is 25.6. The highest BCUT2D eigenvalue weighted by Gasteiger charge is 2.49. The zero-order chi connectivity index (χ0) is 30.6. The molecule has 5 heterocycles. The summed E-state index contributed by atoms with van der Waals surface area (Å²) in [6.07, 6.45) is 4.37. The summed E-state index contributed by atoms with van der Waals surface area (Å²) in [6.45, 7) is 4.48. The first-order chi connectivity index (χ1) is 20.4. The number of nitriles is 1. The van der Waals surface area contributed by atoms with Gasteiger partial charge in [-0.15, -0.1) is 0 Å². The standard InChI is InChI=1S/C30H31F3N8O2/c1-28(2,43)20-13-24(38-25(14-20)30(31,32)33)27(42)40-11-9-39(10-12-40)21-15-29(16-21,5-6-34)41-18-19(17-37-41)22-3-7-35-26-23(22)4-8-36-26/h3-4,7-8,13-14,17-18,21,43H,5,9-12,15-16H2,1-2H3,(H,35,36). The topological polar surface area (TPSA) is 127 Å². The van der Waals surface area contributed by atoms with Gasteiger partial charge < -0.3 is 15.0 Å². The van der Waals surface area contributed by atoms with Crippen LogP contribution in [0.3, 0.4) is 0 Å². The number of fused-ring (bicyclic) bond motifs is 1. The van der Waals surface area contributed by atoms with Crippen molar-refractivity contribution in [3.05, 3.63) is 66.0 Å². The van der Waals surface area contributed by atoms with E-state index in [1.807, 2.05) is 35.4 Å². The maximum absolute atomic E-state index is 13.5. The molecule has 2 fully saturated rings. The van der Waals surface area contributed by atoms with E-state index in [-0.39, 0.29) is 17.3 Å². The van der Waals surface area contributed by atoms with Crippen LogP contribution in [0.15, 0.2) is 49.1 Å². The molecular weight excluding hydrogens is 561 g/mol. The minimum Gasteiger partial charge on any atom is -0.386 e. The molecule has 0 spiro atoms. The lowest BCUT2D eigenvalue weighted by Gasteiger charge is -2.52. The predicted molar refractivity (Wildman–Crippen MR) is 151 cm³/mol. The van der Waals surface area contributed by atoms with E-state index in [2.05, 4.69) is 31.0 Å². The van der Waals surface area contributed by atoms with Crippen molar-refractivity contribution in [2.75, 3.05) is 26.2 Å². The molecule has 10 nitrogen and oxygen atoms in total. The lowest BCUT2D eigenvalue weighted by atomic mass is 9.70. The lowest BCUT2D eigenvalue weighted by Crippen LogP contribution is -2.60. The van der Waals surface area contributed by atoms with E-state index in [0.29, 0.717) is 32.6 Å². The molecule has 1 saturated heterocycles. The molecule has 43 heavy (non-hydrogen) atoms. The first-order valence-corrected chi connectivity index (χ1v) is 14.1. The normalized spacial score (nSPS) is 21.5. The quantitative estimate of drug-likeness (QED) is 0.342. The van der Waals surface area contributed by atoms with E-state index in [9.17, 15) is 28.3 Å². The van der Waals surface area contributed by atoms with Gasteiger partial charge in [-0.25, -0.2) is 9.97 Å². The van der Waals surface area contributed by atoms with Crippen molar-refractivity contribution >= 4 is 16.9 Å². The summed E-state index contributed by atoms with van der Waals surface area (Å²) < 4.78 is 42.4. The van der Waals surface area contributed by atoms with Crippen LogP contribution in [-0.2, 0) is 17.3 Å². The Morgan fingerprint density at radius 1 is 1.19 bits per heavy atom. The van der Waals surface area contributed by atoms with Crippen LogP contribution < -0.4 is 0 Å². The Hall–Kier alpha value is -4.28. The number of hydrogen-bond acceptors (Lipinski definition) is 7. The number of aromatic amines is 1. The van der Waals surface area contributed by atoms with Gasteiger partial charge in [0, 0.05) is 61.8 Å². The minimum absolute atomic E-state index is 0.0247. The highest BCUT2D eigenvalue weighted by molar-refractivity contribution is 5.93. The van der Waals surface area contributed by atoms with Crippen LogP contribution in [0.1, 0.15) is 54.9 Å². The van der Waals surface area contributed by atoms with Gasteiger partial charge in [0.2, 0.25) is 0 Å². The molecule has 0 bridgehead atoms. The fourth-order valence-electron chi connectivity index (χ4n) is 6.16. The Morgan fingerprint density at radius 3 is 2.60 bits per heavy atom. The van der Waals surface area contributed by atoms with E-state index >= 15 is 0 Å². The number of carbonyl (C=O) groups is 1. The number of amides is 1. The van der Waals surface area contributed by atoms with Crippen molar-refractivity contribution in [3.8, 4) is 17.2 Å². The summed E-state index contributed by atoms with van der Waals surface area (Å²) >= 11 is 0. The van der Waals surface area contributed by atoms with Crippen molar-refractivity contribution in [1.29, 1.82) is 5.26 Å². The average Bonchev–Trinajstić information content (AvgIpc) is 3.64. The molecule has 0 aromatic carbocycles. The first kappa shape index (κ1) is 28.8. The van der Waals surface area contributed by atoms with Crippen LogP contribution in [-0.4, -0.2) is 77.8 Å². The van der Waals surface area contributed by atoms with Gasteiger partial charge in [0.1, 0.15) is 17.0 Å². The second-order valence-electron chi connectivity index (χ2n) is 11.9. The smallest absolute Gasteiger partial charge is 0.386 e. The number of piperazine rings is 1. The van der Waals surface area contributed by atoms with E-state index in [4.69, 9.17) is 0 Å². The van der Waals surface area contributed by atoms with E-state index in [1.54, 1.807) is 6.20 Å². The lowest BCUT2D eigenvalue weighted by molar-refractivity contribution is -0.141. The van der Waals surface area contributed by atoms with Crippen molar-refractivity contribution < 1.29 is 23.1 Å². The molecule has 224 valence electrons. The summed E-state index contributed by atoms with van der Waals surface area (Å²) in [7, 11) is 0. The molecule has 0 radical (unpaired) electrons. The molecule has 0 atom stereocenters. The maximum atomic E-state index is 13.5. The maximum Gasteiger partial charge on any atom is 0.433 e. The van der Waals surface area contributed by atoms with Crippen LogP contribution in [0.5, 0.6) is 0 Å². The van der Waals surface area contributed by atoms with Gasteiger partial charge in [-0.3, -0.25) is 14.4 Å². The second-order valence-corrected chi connectivity index (χ2v) is 11.9. The van der Waals surface area contributed by atoms with Crippen LogP contribution in [0.4, 0.5) is 13.2 Å². The van der Waals surface area contributed by atoms with E-state index in [0.717, 1.165) is 41.1 Å². The number of aromatic nitrogens is 5. The van der Waals surface area contributed by atoms with Crippen LogP contribution in [0.2, 0.25) is 0 Å². The SMILES string of the molecule is CC(C)(O)c1cc(C(=O)N2CCN(C3CC(CC#N)(n4cc(-c5ccnc6[nH]ccc56)cn4)C3)CC2)nc(C(F)(F)F)c1. The Bertz CT molecular complexity index is 1670. The number of halogens is 3. The molecule has 1 aliphatic heterocycles. The summed E-state index contributed by atoms with van der Waals surface area (Å²) in [5.74, 6) is -0.597. The van der Waals surface area contributed by atoms with Crippen LogP contribution in [0, 0.1) is 11.3 Å². The second kappa shape index (κ2) is 10.5. The number of H-pyrrole nitrogens is 1. The largest absolute Gasteiger partial charge is 0.433 e. The number of alkyl halides is 3. The van der Waals surface area contributed by atoms with Gasteiger partial charge in [0.05, 0.1) is 29.8 Å². The minimum atomic E-state index is -4.75. The van der Waals surface area contributed by atoms with Gasteiger partial charge in [0.25, 0.3) is 5.91 Å². The van der Waals surface area contributed by atoms with Crippen LogP contribution >= 0.6 is 0 Å². The van der Waals surface area contributed by atoms with Gasteiger partial charge in [-0.05, 0) is 62.1 Å². The molecule has 2 N–H and O–H groups in total. The fraction of sp³-hybridized carbons (Fsp3) is 0.433. The number of carbonyl (C=O) groups excluding carboxylic acids is 1. The number of hydrogen-bond donors (Lipinski definition) is 2. The summed E-state index contributed by atoms with van der Waals surface area (Å²) in [4.78, 5) is 28.0. The molecule has 4 aromatic heterocycles.